The minimum absolute atomic E-state index is 0.218. The molecular formula is C30H44N4Sn-4. The number of aromatic nitrogens is 1. The molecule has 1 aromatic carbocycles. The summed E-state index contributed by atoms with van der Waals surface area (Å²) < 4.78 is 3.03. The number of benzene rings is 1. The molecule has 4 aliphatic rings. The SMILES string of the molecule is C1=C(C2CCCC[N-]2)[N-]C2CCCCC12.C[CH2][Sn][CH2]C.c1ccc2[n-]c(C3CCCC[N-]3)cc2c1. The summed E-state index contributed by atoms with van der Waals surface area (Å²) in [7, 11) is 0. The molecule has 1 saturated carbocycles. The molecule has 3 aliphatic heterocycles. The Morgan fingerprint density at radius 1 is 0.800 bits per heavy atom. The first kappa shape index (κ1) is 27.1. The maximum atomic E-state index is 4.90. The zero-order valence-corrected chi connectivity index (χ0v) is 24.8. The van der Waals surface area contributed by atoms with E-state index in [1.54, 1.807) is 0 Å². The number of piperidine rings is 2. The molecule has 0 bridgehead atoms. The van der Waals surface area contributed by atoms with Crippen LogP contribution in [0.25, 0.3) is 26.9 Å². The Labute approximate surface area is 224 Å². The molecule has 3 fully saturated rings. The molecule has 0 spiro atoms. The molecule has 0 amide bonds. The molecule has 4 heterocycles. The summed E-state index contributed by atoms with van der Waals surface area (Å²) in [6, 6.07) is 11.9. The van der Waals surface area contributed by atoms with E-state index in [1.807, 2.05) is 6.07 Å². The standard InChI is InChI=1S/C13H20N2.C13H14N2.2C2H5.Sn/c2*1-2-6-11-10(5-1)9-13(15-11)12-7-3-4-8-14-12;2*1-2;/h9-12H,1-8H2;1-2,5-6,9,12H,3-4,7-8H2;2*1H2,2H3;/q2*-2;;;. The van der Waals surface area contributed by atoms with Crippen LogP contribution in [-0.4, -0.2) is 46.3 Å². The molecule has 1 aromatic heterocycles. The van der Waals surface area contributed by atoms with Gasteiger partial charge in [0.05, 0.1) is 0 Å². The molecule has 35 heavy (non-hydrogen) atoms. The summed E-state index contributed by atoms with van der Waals surface area (Å²) in [4.78, 5) is 4.64. The van der Waals surface area contributed by atoms with E-state index in [2.05, 4.69) is 54.5 Å². The van der Waals surface area contributed by atoms with Gasteiger partial charge in [-0.1, -0.05) is 88.1 Å². The van der Waals surface area contributed by atoms with E-state index in [-0.39, 0.29) is 21.1 Å². The van der Waals surface area contributed by atoms with Crippen LogP contribution in [0.1, 0.15) is 89.8 Å². The number of rotatable bonds is 4. The van der Waals surface area contributed by atoms with Gasteiger partial charge in [-0.2, -0.15) is 11.4 Å². The molecule has 4 atom stereocenters. The second-order valence-electron chi connectivity index (χ2n) is 10.3. The van der Waals surface area contributed by atoms with Gasteiger partial charge in [0.1, 0.15) is 0 Å². The molecule has 1 aliphatic carbocycles. The maximum Gasteiger partial charge on any atom is -0.0420 e. The predicted molar refractivity (Wildman–Crippen MR) is 152 cm³/mol. The average Bonchev–Trinajstić information content (AvgIpc) is 3.56. The van der Waals surface area contributed by atoms with Gasteiger partial charge in [-0.25, -0.2) is 0 Å². The minimum atomic E-state index is 0.218. The van der Waals surface area contributed by atoms with Gasteiger partial charge in [0.15, 0.2) is 0 Å². The van der Waals surface area contributed by atoms with Gasteiger partial charge in [-0.15, -0.1) is 42.8 Å². The van der Waals surface area contributed by atoms with Crippen molar-refractivity contribution in [1.82, 2.24) is 4.98 Å². The minimum Gasteiger partial charge on any atom is -0.662 e. The first-order chi connectivity index (χ1) is 17.3. The molecular weight excluding hydrogens is 535 g/mol. The Bertz CT molecular complexity index is 860. The fourth-order valence-corrected chi connectivity index (χ4v) is 7.09. The fourth-order valence-electron chi connectivity index (χ4n) is 5.67. The Hall–Kier alpha value is -0.981. The second kappa shape index (κ2) is 14.7. The van der Waals surface area contributed by atoms with Crippen LogP contribution in [0.5, 0.6) is 0 Å². The van der Waals surface area contributed by atoms with Crippen LogP contribution in [0.3, 0.4) is 0 Å². The van der Waals surface area contributed by atoms with Gasteiger partial charge in [0, 0.05) is 0 Å². The third kappa shape index (κ3) is 8.00. The van der Waals surface area contributed by atoms with E-state index in [0.29, 0.717) is 18.1 Å². The summed E-state index contributed by atoms with van der Waals surface area (Å²) in [6.45, 7) is 6.64. The molecule has 2 aromatic rings. The van der Waals surface area contributed by atoms with E-state index in [1.165, 1.54) is 84.2 Å². The van der Waals surface area contributed by atoms with Crippen molar-refractivity contribution < 1.29 is 0 Å². The second-order valence-corrected chi connectivity index (χ2v) is 15.7. The third-order valence-electron chi connectivity index (χ3n) is 7.62. The van der Waals surface area contributed by atoms with Gasteiger partial charge >= 0.3 is 43.9 Å². The smallest absolute Gasteiger partial charge is 0.0420 e. The van der Waals surface area contributed by atoms with E-state index in [0.717, 1.165) is 30.2 Å². The molecule has 4 unspecified atom stereocenters. The molecule has 5 heteroatoms. The maximum absolute atomic E-state index is 4.90. The van der Waals surface area contributed by atoms with E-state index in [4.69, 9.17) is 10.6 Å². The summed E-state index contributed by atoms with van der Waals surface area (Å²) in [5, 5.41) is 15.5. The zero-order chi connectivity index (χ0) is 24.3. The number of hydrogen-bond acceptors (Lipinski definition) is 0. The van der Waals surface area contributed by atoms with Crippen LogP contribution in [0.15, 0.2) is 42.1 Å². The Morgan fingerprint density at radius 2 is 1.49 bits per heavy atom. The molecule has 2 saturated heterocycles. The monoisotopic (exact) mass is 580 g/mol. The first-order valence-electron chi connectivity index (χ1n) is 14.3. The Balaban J connectivity index is 0.000000139. The van der Waals surface area contributed by atoms with E-state index in [9.17, 15) is 0 Å². The van der Waals surface area contributed by atoms with Crippen LogP contribution >= 0.6 is 0 Å². The molecule has 192 valence electrons. The van der Waals surface area contributed by atoms with E-state index >= 15 is 0 Å². The zero-order valence-electron chi connectivity index (χ0n) is 22.0. The normalized spacial score (nSPS) is 28.0. The number of fused-ring (bicyclic) bond motifs is 2. The first-order valence-corrected chi connectivity index (χ1v) is 18.3. The summed E-state index contributed by atoms with van der Waals surface area (Å²) >= 11 is 0.218. The van der Waals surface area contributed by atoms with Crippen molar-refractivity contribution in [2.45, 2.75) is 105 Å². The van der Waals surface area contributed by atoms with Crippen molar-refractivity contribution in [3.8, 4) is 0 Å². The van der Waals surface area contributed by atoms with Crippen LogP contribution in [0, 0.1) is 5.92 Å². The van der Waals surface area contributed by atoms with Gasteiger partial charge in [0.2, 0.25) is 0 Å². The predicted octanol–water partition coefficient (Wildman–Crippen LogP) is 8.71. The quantitative estimate of drug-likeness (QED) is 0.335. The Kier molecular flexibility index (Phi) is 11.4. The van der Waals surface area contributed by atoms with Crippen molar-refractivity contribution in [3.05, 3.63) is 63.7 Å². The van der Waals surface area contributed by atoms with Crippen LogP contribution in [0.4, 0.5) is 0 Å². The number of para-hydroxylation sites is 1. The summed E-state index contributed by atoms with van der Waals surface area (Å²) in [6.07, 6.45) is 15.5. The Morgan fingerprint density at radius 3 is 2.11 bits per heavy atom. The van der Waals surface area contributed by atoms with Crippen LogP contribution in [0.2, 0.25) is 8.87 Å². The molecule has 4 nitrogen and oxygen atoms in total. The molecule has 0 N–H and O–H groups in total. The number of nitrogens with zero attached hydrogens (tertiary/aromatic N) is 4. The van der Waals surface area contributed by atoms with Crippen molar-refractivity contribution in [2.75, 3.05) is 13.1 Å². The van der Waals surface area contributed by atoms with Gasteiger partial charge in [-0.05, 0) is 17.7 Å². The van der Waals surface area contributed by atoms with Crippen molar-refractivity contribution in [1.29, 1.82) is 0 Å². The van der Waals surface area contributed by atoms with Crippen LogP contribution < -0.4 is 4.98 Å². The average molecular weight is 579 g/mol. The third-order valence-corrected chi connectivity index (χ3v) is 10.5. The number of hydrogen-bond donors (Lipinski definition) is 0. The van der Waals surface area contributed by atoms with E-state index < -0.39 is 0 Å². The van der Waals surface area contributed by atoms with Gasteiger partial charge < -0.3 is 20.9 Å². The van der Waals surface area contributed by atoms with Crippen molar-refractivity contribution >= 4 is 32.0 Å². The largest absolute Gasteiger partial charge is 0.662 e. The summed E-state index contributed by atoms with van der Waals surface area (Å²) in [5.41, 5.74) is 3.61. The van der Waals surface area contributed by atoms with Gasteiger partial charge in [0.25, 0.3) is 0 Å². The molecule has 2 radical (unpaired) electrons. The van der Waals surface area contributed by atoms with Crippen LogP contribution in [-0.2, 0) is 0 Å². The summed E-state index contributed by atoms with van der Waals surface area (Å²) in [5.74, 6) is 0.769. The van der Waals surface area contributed by atoms with Crippen molar-refractivity contribution in [3.63, 3.8) is 0 Å². The van der Waals surface area contributed by atoms with Gasteiger partial charge in [-0.3, -0.25) is 0 Å². The van der Waals surface area contributed by atoms with Crippen molar-refractivity contribution in [2.24, 2.45) is 5.92 Å². The fraction of sp³-hybridized carbons (Fsp3) is 0.667. The molecule has 6 rings (SSSR count). The topological polar surface area (TPSA) is 56.4 Å².